The number of rotatable bonds is 3. The minimum atomic E-state index is -0.0509. The molecule has 0 saturated carbocycles. The van der Waals surface area contributed by atoms with E-state index in [1.807, 2.05) is 6.92 Å². The molecular weight excluding hydrogens is 210 g/mol. The van der Waals surface area contributed by atoms with Crippen molar-refractivity contribution in [3.63, 3.8) is 0 Å². The first-order valence-electron chi connectivity index (χ1n) is 6.20. The minimum Gasteiger partial charge on any atom is -0.341 e. The van der Waals surface area contributed by atoms with E-state index in [0.717, 1.165) is 23.3 Å². The second-order valence-electron chi connectivity index (χ2n) is 5.38. The van der Waals surface area contributed by atoms with Gasteiger partial charge < -0.3 is 10.7 Å². The summed E-state index contributed by atoms with van der Waals surface area (Å²) in [7, 11) is 0. The van der Waals surface area contributed by atoms with E-state index < -0.39 is 0 Å². The van der Waals surface area contributed by atoms with Gasteiger partial charge in [0.15, 0.2) is 0 Å². The SMILES string of the molecule is CCC(C)(C)c1ccc2[nH]c([C@@H](C)N)nc2c1. The van der Waals surface area contributed by atoms with Gasteiger partial charge in [-0.1, -0.05) is 26.8 Å². The molecule has 0 unspecified atom stereocenters. The average Bonchev–Trinajstić information content (AvgIpc) is 2.71. The normalized spacial score (nSPS) is 14.2. The Morgan fingerprint density at radius 2 is 2.12 bits per heavy atom. The summed E-state index contributed by atoms with van der Waals surface area (Å²) in [5, 5.41) is 0. The Labute approximate surface area is 102 Å². The molecule has 92 valence electrons. The van der Waals surface area contributed by atoms with Crippen LogP contribution in [0.4, 0.5) is 0 Å². The van der Waals surface area contributed by atoms with Crippen LogP contribution in [0.2, 0.25) is 0 Å². The van der Waals surface area contributed by atoms with Crippen LogP contribution in [0, 0.1) is 0 Å². The van der Waals surface area contributed by atoms with Gasteiger partial charge in [-0.05, 0) is 36.5 Å². The van der Waals surface area contributed by atoms with Crippen molar-refractivity contribution in [2.24, 2.45) is 5.73 Å². The molecule has 0 saturated heterocycles. The molecule has 3 heteroatoms. The maximum absolute atomic E-state index is 5.83. The highest BCUT2D eigenvalue weighted by molar-refractivity contribution is 5.76. The molecule has 3 nitrogen and oxygen atoms in total. The molecule has 0 fully saturated rings. The van der Waals surface area contributed by atoms with Gasteiger partial charge in [-0.3, -0.25) is 0 Å². The van der Waals surface area contributed by atoms with Crippen molar-refractivity contribution in [2.45, 2.75) is 45.6 Å². The minimum absolute atomic E-state index is 0.0509. The van der Waals surface area contributed by atoms with Gasteiger partial charge in [0.05, 0.1) is 17.1 Å². The molecule has 1 heterocycles. The monoisotopic (exact) mass is 231 g/mol. The molecule has 3 N–H and O–H groups in total. The van der Waals surface area contributed by atoms with Crippen molar-refractivity contribution in [1.29, 1.82) is 0 Å². The Morgan fingerprint density at radius 1 is 1.41 bits per heavy atom. The molecule has 0 aliphatic rings. The standard InChI is InChI=1S/C14H21N3/c1-5-14(3,4)10-6-7-11-12(8-10)17-13(16-11)9(2)15/h6-9H,5,15H2,1-4H3,(H,16,17)/t9-/m1/s1. The molecular formula is C14H21N3. The fourth-order valence-corrected chi connectivity index (χ4v) is 1.87. The van der Waals surface area contributed by atoms with Gasteiger partial charge in [-0.15, -0.1) is 0 Å². The van der Waals surface area contributed by atoms with E-state index in [4.69, 9.17) is 5.73 Å². The third-order valence-electron chi connectivity index (χ3n) is 3.60. The highest BCUT2D eigenvalue weighted by Gasteiger charge is 2.19. The molecule has 0 bridgehead atoms. The van der Waals surface area contributed by atoms with Gasteiger partial charge in [0.2, 0.25) is 0 Å². The van der Waals surface area contributed by atoms with Gasteiger partial charge >= 0.3 is 0 Å². The van der Waals surface area contributed by atoms with Crippen molar-refractivity contribution >= 4 is 11.0 Å². The van der Waals surface area contributed by atoms with Crippen LogP contribution in [0.1, 0.15) is 51.5 Å². The van der Waals surface area contributed by atoms with Crippen molar-refractivity contribution in [3.8, 4) is 0 Å². The summed E-state index contributed by atoms with van der Waals surface area (Å²) in [6.45, 7) is 8.66. The van der Waals surface area contributed by atoms with Gasteiger partial charge in [-0.2, -0.15) is 0 Å². The van der Waals surface area contributed by atoms with E-state index >= 15 is 0 Å². The summed E-state index contributed by atoms with van der Waals surface area (Å²) in [5.74, 6) is 0.853. The Balaban J connectivity index is 2.50. The lowest BCUT2D eigenvalue weighted by molar-refractivity contribution is 0.507. The van der Waals surface area contributed by atoms with E-state index in [1.165, 1.54) is 5.56 Å². The summed E-state index contributed by atoms with van der Waals surface area (Å²) in [6.07, 6.45) is 1.11. The van der Waals surface area contributed by atoms with Gasteiger partial charge in [-0.25, -0.2) is 4.98 Å². The fourth-order valence-electron chi connectivity index (χ4n) is 1.87. The van der Waals surface area contributed by atoms with Crippen molar-refractivity contribution in [3.05, 3.63) is 29.6 Å². The second kappa shape index (κ2) is 4.15. The summed E-state index contributed by atoms with van der Waals surface area (Å²) < 4.78 is 0. The van der Waals surface area contributed by atoms with Crippen LogP contribution in [-0.2, 0) is 5.41 Å². The molecule has 0 amide bonds. The number of H-pyrrole nitrogens is 1. The fraction of sp³-hybridized carbons (Fsp3) is 0.500. The third kappa shape index (κ3) is 2.20. The lowest BCUT2D eigenvalue weighted by Gasteiger charge is -2.23. The maximum Gasteiger partial charge on any atom is 0.123 e. The lowest BCUT2D eigenvalue weighted by atomic mass is 9.82. The molecule has 1 aromatic heterocycles. The van der Waals surface area contributed by atoms with E-state index in [9.17, 15) is 0 Å². The Kier molecular flexibility index (Phi) is 2.96. The number of aromatic amines is 1. The highest BCUT2D eigenvalue weighted by atomic mass is 15.0. The number of aromatic nitrogens is 2. The first-order valence-corrected chi connectivity index (χ1v) is 6.20. The Morgan fingerprint density at radius 3 is 2.71 bits per heavy atom. The molecule has 0 aliphatic carbocycles. The molecule has 0 aliphatic heterocycles. The zero-order valence-electron chi connectivity index (χ0n) is 11.0. The summed E-state index contributed by atoms with van der Waals surface area (Å²) in [4.78, 5) is 7.80. The first-order chi connectivity index (χ1) is 7.94. The molecule has 0 spiro atoms. The van der Waals surface area contributed by atoms with Crippen LogP contribution in [-0.4, -0.2) is 9.97 Å². The summed E-state index contributed by atoms with van der Waals surface area (Å²) in [5.41, 5.74) is 9.43. The van der Waals surface area contributed by atoms with Gasteiger partial charge in [0, 0.05) is 0 Å². The van der Waals surface area contributed by atoms with E-state index in [1.54, 1.807) is 0 Å². The summed E-state index contributed by atoms with van der Waals surface area (Å²) >= 11 is 0. The number of nitrogens with zero attached hydrogens (tertiary/aromatic N) is 1. The molecule has 2 aromatic rings. The van der Waals surface area contributed by atoms with E-state index in [-0.39, 0.29) is 11.5 Å². The van der Waals surface area contributed by atoms with Gasteiger partial charge in [0.25, 0.3) is 0 Å². The van der Waals surface area contributed by atoms with Crippen LogP contribution in [0.5, 0.6) is 0 Å². The van der Waals surface area contributed by atoms with Crippen LogP contribution in [0.25, 0.3) is 11.0 Å². The topological polar surface area (TPSA) is 54.7 Å². The third-order valence-corrected chi connectivity index (χ3v) is 3.60. The Hall–Kier alpha value is -1.35. The van der Waals surface area contributed by atoms with Gasteiger partial charge in [0.1, 0.15) is 5.82 Å². The number of nitrogens with two attached hydrogens (primary N) is 1. The van der Waals surface area contributed by atoms with Crippen LogP contribution in [0.3, 0.4) is 0 Å². The molecule has 17 heavy (non-hydrogen) atoms. The number of benzene rings is 1. The van der Waals surface area contributed by atoms with E-state index in [2.05, 4.69) is 48.9 Å². The number of nitrogens with one attached hydrogen (secondary N) is 1. The number of hydrogen-bond acceptors (Lipinski definition) is 2. The zero-order chi connectivity index (χ0) is 12.6. The number of fused-ring (bicyclic) bond motifs is 1. The van der Waals surface area contributed by atoms with E-state index in [0.29, 0.717) is 0 Å². The number of imidazole rings is 1. The van der Waals surface area contributed by atoms with Crippen LogP contribution < -0.4 is 5.73 Å². The molecule has 2 rings (SSSR count). The molecule has 1 aromatic carbocycles. The van der Waals surface area contributed by atoms with Crippen LogP contribution in [0.15, 0.2) is 18.2 Å². The smallest absolute Gasteiger partial charge is 0.123 e. The van der Waals surface area contributed by atoms with Crippen molar-refractivity contribution in [1.82, 2.24) is 9.97 Å². The molecule has 1 atom stereocenters. The molecule has 0 radical (unpaired) electrons. The zero-order valence-corrected chi connectivity index (χ0v) is 11.0. The average molecular weight is 231 g/mol. The predicted molar refractivity (Wildman–Crippen MR) is 72.0 cm³/mol. The Bertz CT molecular complexity index is 523. The highest BCUT2D eigenvalue weighted by Crippen LogP contribution is 2.29. The lowest BCUT2D eigenvalue weighted by Crippen LogP contribution is -2.15. The maximum atomic E-state index is 5.83. The quantitative estimate of drug-likeness (QED) is 0.851. The number of hydrogen-bond donors (Lipinski definition) is 2. The second-order valence-corrected chi connectivity index (χ2v) is 5.38. The van der Waals surface area contributed by atoms with Crippen LogP contribution >= 0.6 is 0 Å². The first kappa shape index (κ1) is 12.1. The van der Waals surface area contributed by atoms with Crippen molar-refractivity contribution < 1.29 is 0 Å². The van der Waals surface area contributed by atoms with Crippen molar-refractivity contribution in [2.75, 3.05) is 0 Å². The largest absolute Gasteiger partial charge is 0.341 e. The summed E-state index contributed by atoms with van der Waals surface area (Å²) in [6, 6.07) is 6.39. The predicted octanol–water partition coefficient (Wildman–Crippen LogP) is 3.27.